The van der Waals surface area contributed by atoms with Gasteiger partial charge in [0.2, 0.25) is 0 Å². The predicted molar refractivity (Wildman–Crippen MR) is 57.5 cm³/mol. The maximum atomic E-state index is 9.67. The van der Waals surface area contributed by atoms with Gasteiger partial charge in [-0.15, -0.1) is 4.91 Å². The number of nitrogens with zero attached hydrogens (tertiary/aromatic N) is 1. The molecule has 4 heteroatoms. The molecule has 0 aromatic heterocycles. The summed E-state index contributed by atoms with van der Waals surface area (Å²) in [6.07, 6.45) is 8.89. The Kier molecular flexibility index (Phi) is 9.96. The summed E-state index contributed by atoms with van der Waals surface area (Å²) < 4.78 is 0. The fourth-order valence-corrected chi connectivity index (χ4v) is 1.41. The molecule has 0 aromatic rings. The van der Waals surface area contributed by atoms with E-state index >= 15 is 0 Å². The van der Waals surface area contributed by atoms with Gasteiger partial charge < -0.3 is 4.84 Å². The maximum absolute atomic E-state index is 9.67. The third-order valence-corrected chi connectivity index (χ3v) is 2.27. The molecule has 0 bridgehead atoms. The van der Waals surface area contributed by atoms with Crippen LogP contribution in [0.15, 0.2) is 5.34 Å². The van der Waals surface area contributed by atoms with Gasteiger partial charge >= 0.3 is 0 Å². The number of nitrogens with two attached hydrogens (primary N) is 1. The molecule has 0 heterocycles. The van der Waals surface area contributed by atoms with Crippen molar-refractivity contribution in [1.82, 2.24) is 0 Å². The van der Waals surface area contributed by atoms with Crippen LogP contribution in [0.3, 0.4) is 0 Å². The molecule has 84 valence electrons. The Morgan fingerprint density at radius 3 is 2.29 bits per heavy atom. The Morgan fingerprint density at radius 2 is 1.71 bits per heavy atom. The zero-order valence-electron chi connectivity index (χ0n) is 9.08. The van der Waals surface area contributed by atoms with Crippen LogP contribution in [0.4, 0.5) is 0 Å². The second kappa shape index (κ2) is 10.4. The highest BCUT2D eigenvalue weighted by molar-refractivity contribution is 4.50. The second-order valence-corrected chi connectivity index (χ2v) is 3.63. The molecule has 0 aliphatic rings. The first-order chi connectivity index (χ1) is 6.81. The van der Waals surface area contributed by atoms with Gasteiger partial charge in [0.25, 0.3) is 0 Å². The lowest BCUT2D eigenvalue weighted by Gasteiger charge is -2.06. The van der Waals surface area contributed by atoms with Gasteiger partial charge in [-0.05, 0) is 6.42 Å². The van der Waals surface area contributed by atoms with Crippen LogP contribution >= 0.6 is 0 Å². The lowest BCUT2D eigenvalue weighted by Crippen LogP contribution is -2.20. The molecule has 0 aliphatic heterocycles. The van der Waals surface area contributed by atoms with Crippen molar-refractivity contribution in [2.45, 2.75) is 64.5 Å². The molecular formula is C10H22N2O2. The van der Waals surface area contributed by atoms with Crippen LogP contribution in [0.1, 0.15) is 58.3 Å². The monoisotopic (exact) mass is 202 g/mol. The third kappa shape index (κ3) is 9.45. The fraction of sp³-hybridized carbons (Fsp3) is 1.00. The SMILES string of the molecule is CCCCCCCCCC(N)ON=O. The molecule has 0 aliphatic carbocycles. The second-order valence-electron chi connectivity index (χ2n) is 3.63. The number of hydrogen-bond donors (Lipinski definition) is 1. The molecule has 0 amide bonds. The summed E-state index contributed by atoms with van der Waals surface area (Å²) >= 11 is 0. The lowest BCUT2D eigenvalue weighted by atomic mass is 10.1. The standard InChI is InChI=1S/C10H22N2O2/c1-2-3-4-5-6-7-8-9-10(11)14-12-13/h10H,2-9,11H2,1H3. The summed E-state index contributed by atoms with van der Waals surface area (Å²) in [5.74, 6) is 0. The molecule has 0 aromatic carbocycles. The Labute approximate surface area is 86.1 Å². The summed E-state index contributed by atoms with van der Waals surface area (Å²) in [5.41, 5.74) is 5.43. The average Bonchev–Trinajstić information content (AvgIpc) is 2.17. The third-order valence-electron chi connectivity index (χ3n) is 2.27. The van der Waals surface area contributed by atoms with Crippen molar-refractivity contribution in [3.8, 4) is 0 Å². The van der Waals surface area contributed by atoms with E-state index in [1.165, 1.54) is 38.5 Å². The van der Waals surface area contributed by atoms with Crippen molar-refractivity contribution in [2.24, 2.45) is 11.1 Å². The molecule has 0 spiro atoms. The van der Waals surface area contributed by atoms with E-state index in [-0.39, 0.29) is 0 Å². The van der Waals surface area contributed by atoms with E-state index in [0.717, 1.165) is 12.8 Å². The van der Waals surface area contributed by atoms with Gasteiger partial charge in [0, 0.05) is 6.42 Å². The molecule has 1 unspecified atom stereocenters. The van der Waals surface area contributed by atoms with Crippen molar-refractivity contribution in [1.29, 1.82) is 0 Å². The first kappa shape index (κ1) is 13.4. The Hall–Kier alpha value is -0.640. The van der Waals surface area contributed by atoms with Gasteiger partial charge in [0.15, 0.2) is 11.6 Å². The van der Waals surface area contributed by atoms with Gasteiger partial charge in [-0.1, -0.05) is 45.4 Å². The quantitative estimate of drug-likeness (QED) is 0.256. The van der Waals surface area contributed by atoms with Crippen LogP contribution < -0.4 is 5.73 Å². The van der Waals surface area contributed by atoms with Crippen LogP contribution in [0.25, 0.3) is 0 Å². The normalized spacial score (nSPS) is 12.4. The van der Waals surface area contributed by atoms with Crippen molar-refractivity contribution >= 4 is 0 Å². The van der Waals surface area contributed by atoms with E-state index in [1.54, 1.807) is 0 Å². The maximum Gasteiger partial charge on any atom is 0.179 e. The molecule has 0 radical (unpaired) electrons. The summed E-state index contributed by atoms with van der Waals surface area (Å²) in [7, 11) is 0. The molecule has 0 saturated heterocycles. The van der Waals surface area contributed by atoms with E-state index in [1.807, 2.05) is 0 Å². The molecule has 1 atom stereocenters. The van der Waals surface area contributed by atoms with Crippen LogP contribution in [-0.4, -0.2) is 6.23 Å². The van der Waals surface area contributed by atoms with Crippen LogP contribution in [0, 0.1) is 4.91 Å². The van der Waals surface area contributed by atoms with Crippen LogP contribution in [0.2, 0.25) is 0 Å². The first-order valence-electron chi connectivity index (χ1n) is 5.55. The Balaban J connectivity index is 3.01. The van der Waals surface area contributed by atoms with Crippen molar-refractivity contribution in [2.75, 3.05) is 0 Å². The highest BCUT2D eigenvalue weighted by Crippen LogP contribution is 2.09. The van der Waals surface area contributed by atoms with Gasteiger partial charge in [-0.3, -0.25) is 5.73 Å². The van der Waals surface area contributed by atoms with Gasteiger partial charge in [-0.25, -0.2) is 0 Å². The topological polar surface area (TPSA) is 64.7 Å². The summed E-state index contributed by atoms with van der Waals surface area (Å²) in [6, 6.07) is 0. The largest absolute Gasteiger partial charge is 0.345 e. The molecule has 2 N–H and O–H groups in total. The van der Waals surface area contributed by atoms with E-state index in [4.69, 9.17) is 5.73 Å². The molecular weight excluding hydrogens is 180 g/mol. The summed E-state index contributed by atoms with van der Waals surface area (Å²) in [4.78, 5) is 14.0. The number of unbranched alkanes of at least 4 members (excludes halogenated alkanes) is 6. The van der Waals surface area contributed by atoms with E-state index < -0.39 is 6.23 Å². The lowest BCUT2D eigenvalue weighted by molar-refractivity contribution is 0.0520. The van der Waals surface area contributed by atoms with Crippen molar-refractivity contribution in [3.63, 3.8) is 0 Å². The minimum atomic E-state index is -0.511. The Morgan fingerprint density at radius 1 is 1.14 bits per heavy atom. The fourth-order valence-electron chi connectivity index (χ4n) is 1.41. The average molecular weight is 202 g/mol. The van der Waals surface area contributed by atoms with E-state index in [2.05, 4.69) is 17.1 Å². The van der Waals surface area contributed by atoms with Crippen LogP contribution in [-0.2, 0) is 4.84 Å². The van der Waals surface area contributed by atoms with E-state index in [9.17, 15) is 4.91 Å². The smallest absolute Gasteiger partial charge is 0.179 e. The highest BCUT2D eigenvalue weighted by atomic mass is 16.7. The molecule has 4 nitrogen and oxygen atoms in total. The van der Waals surface area contributed by atoms with E-state index in [0.29, 0.717) is 0 Å². The first-order valence-corrected chi connectivity index (χ1v) is 5.55. The Bertz CT molecular complexity index is 131. The highest BCUT2D eigenvalue weighted by Gasteiger charge is 2.01. The van der Waals surface area contributed by atoms with Gasteiger partial charge in [0.1, 0.15) is 0 Å². The zero-order chi connectivity index (χ0) is 10.6. The molecule has 0 saturated carbocycles. The molecule has 0 rings (SSSR count). The van der Waals surface area contributed by atoms with Gasteiger partial charge in [0.05, 0.1) is 0 Å². The van der Waals surface area contributed by atoms with Crippen molar-refractivity contribution < 1.29 is 4.84 Å². The minimum Gasteiger partial charge on any atom is -0.345 e. The molecule has 14 heavy (non-hydrogen) atoms. The van der Waals surface area contributed by atoms with Crippen LogP contribution in [0.5, 0.6) is 0 Å². The minimum absolute atomic E-state index is 0.511. The number of rotatable bonds is 10. The summed E-state index contributed by atoms with van der Waals surface area (Å²) in [5, 5.41) is 2.30. The molecule has 0 fully saturated rings. The summed E-state index contributed by atoms with van der Waals surface area (Å²) in [6.45, 7) is 2.21. The van der Waals surface area contributed by atoms with Crippen molar-refractivity contribution in [3.05, 3.63) is 4.91 Å². The number of hydrogen-bond acceptors (Lipinski definition) is 4. The predicted octanol–water partition coefficient (Wildman–Crippen LogP) is 3.11. The zero-order valence-corrected chi connectivity index (χ0v) is 9.08. The van der Waals surface area contributed by atoms with Gasteiger partial charge in [-0.2, -0.15) is 0 Å².